The predicted octanol–water partition coefficient (Wildman–Crippen LogP) is 2.50. The van der Waals surface area contributed by atoms with Crippen LogP contribution >= 0.6 is 11.3 Å². The summed E-state index contributed by atoms with van der Waals surface area (Å²) in [7, 11) is 1.73. The molecular formula is C16H16N2O3S. The molecule has 2 amide bonds. The molecule has 1 aromatic heterocycles. The van der Waals surface area contributed by atoms with Crippen LogP contribution < -0.4 is 10.1 Å². The van der Waals surface area contributed by atoms with Gasteiger partial charge in [-0.25, -0.2) is 0 Å². The number of nitrogens with zero attached hydrogens (tertiary/aromatic N) is 1. The van der Waals surface area contributed by atoms with Gasteiger partial charge in [-0.15, -0.1) is 11.3 Å². The van der Waals surface area contributed by atoms with E-state index in [-0.39, 0.29) is 18.2 Å². The normalized spacial score (nSPS) is 16.4. The molecule has 22 heavy (non-hydrogen) atoms. The van der Waals surface area contributed by atoms with Gasteiger partial charge in [-0.3, -0.25) is 9.59 Å². The Morgan fingerprint density at radius 3 is 2.91 bits per heavy atom. The minimum Gasteiger partial charge on any atom is -0.478 e. The number of hydrogen-bond donors (Lipinski definition) is 1. The van der Waals surface area contributed by atoms with Gasteiger partial charge in [0.2, 0.25) is 5.91 Å². The van der Waals surface area contributed by atoms with Crippen LogP contribution in [-0.2, 0) is 16.1 Å². The SMILES string of the molecule is CN(Cc1cccs1)C(=O)CC1Oc2ccccc2NC1=O. The van der Waals surface area contributed by atoms with Gasteiger partial charge in [0.05, 0.1) is 18.7 Å². The lowest BCUT2D eigenvalue weighted by Crippen LogP contribution is -2.41. The predicted molar refractivity (Wildman–Crippen MR) is 84.9 cm³/mol. The van der Waals surface area contributed by atoms with Gasteiger partial charge in [0.15, 0.2) is 6.10 Å². The summed E-state index contributed by atoms with van der Waals surface area (Å²) in [5.74, 6) is 0.199. The van der Waals surface area contributed by atoms with E-state index in [4.69, 9.17) is 4.74 Å². The third kappa shape index (κ3) is 3.12. The van der Waals surface area contributed by atoms with Crippen molar-refractivity contribution in [2.75, 3.05) is 12.4 Å². The number of benzene rings is 1. The van der Waals surface area contributed by atoms with Crippen LogP contribution in [0.1, 0.15) is 11.3 Å². The zero-order valence-corrected chi connectivity index (χ0v) is 12.9. The topological polar surface area (TPSA) is 58.6 Å². The number of fused-ring (bicyclic) bond motifs is 1. The molecule has 3 rings (SSSR count). The number of thiophene rings is 1. The molecule has 1 N–H and O–H groups in total. The van der Waals surface area contributed by atoms with Crippen LogP contribution in [0, 0.1) is 0 Å². The molecular weight excluding hydrogens is 300 g/mol. The van der Waals surface area contributed by atoms with Crippen molar-refractivity contribution in [1.82, 2.24) is 4.90 Å². The first-order valence-electron chi connectivity index (χ1n) is 6.96. The Morgan fingerprint density at radius 1 is 1.32 bits per heavy atom. The largest absolute Gasteiger partial charge is 0.478 e. The zero-order chi connectivity index (χ0) is 15.5. The highest BCUT2D eigenvalue weighted by atomic mass is 32.1. The first-order valence-corrected chi connectivity index (χ1v) is 7.84. The quantitative estimate of drug-likeness (QED) is 0.943. The van der Waals surface area contributed by atoms with Gasteiger partial charge >= 0.3 is 0 Å². The number of para-hydroxylation sites is 2. The molecule has 5 nitrogen and oxygen atoms in total. The molecule has 1 aliphatic heterocycles. The number of ether oxygens (including phenoxy) is 1. The van der Waals surface area contributed by atoms with E-state index < -0.39 is 6.10 Å². The number of anilines is 1. The summed E-state index contributed by atoms with van der Waals surface area (Å²) in [5.41, 5.74) is 0.642. The first-order chi connectivity index (χ1) is 10.6. The second kappa shape index (κ2) is 6.19. The van der Waals surface area contributed by atoms with Crippen molar-refractivity contribution < 1.29 is 14.3 Å². The third-order valence-electron chi connectivity index (χ3n) is 3.47. The van der Waals surface area contributed by atoms with Crippen LogP contribution in [-0.4, -0.2) is 29.9 Å². The Bertz CT molecular complexity index is 684. The van der Waals surface area contributed by atoms with Gasteiger partial charge in [0, 0.05) is 11.9 Å². The molecule has 0 spiro atoms. The fourth-order valence-corrected chi connectivity index (χ4v) is 3.02. The molecule has 1 aliphatic rings. The summed E-state index contributed by atoms with van der Waals surface area (Å²) in [4.78, 5) is 27.0. The molecule has 1 unspecified atom stereocenters. The van der Waals surface area contributed by atoms with Gasteiger partial charge in [-0.05, 0) is 23.6 Å². The summed E-state index contributed by atoms with van der Waals surface area (Å²) in [6.07, 6.45) is -0.754. The van der Waals surface area contributed by atoms with Crippen molar-refractivity contribution in [3.63, 3.8) is 0 Å². The van der Waals surface area contributed by atoms with Crippen LogP contribution in [0.25, 0.3) is 0 Å². The van der Waals surface area contributed by atoms with Crippen molar-refractivity contribution in [3.8, 4) is 5.75 Å². The fourth-order valence-electron chi connectivity index (χ4n) is 2.27. The average molecular weight is 316 g/mol. The highest BCUT2D eigenvalue weighted by Gasteiger charge is 2.30. The van der Waals surface area contributed by atoms with Gasteiger partial charge in [-0.2, -0.15) is 0 Å². The number of nitrogens with one attached hydrogen (secondary N) is 1. The second-order valence-corrected chi connectivity index (χ2v) is 6.16. The summed E-state index contributed by atoms with van der Waals surface area (Å²) in [6.45, 7) is 0.543. The number of carbonyl (C=O) groups is 2. The van der Waals surface area contributed by atoms with Gasteiger partial charge < -0.3 is 15.0 Å². The van der Waals surface area contributed by atoms with Gasteiger partial charge in [-0.1, -0.05) is 18.2 Å². The molecule has 114 valence electrons. The molecule has 0 radical (unpaired) electrons. The van der Waals surface area contributed by atoms with Crippen LogP contribution in [0.3, 0.4) is 0 Å². The third-order valence-corrected chi connectivity index (χ3v) is 4.33. The molecule has 0 saturated carbocycles. The van der Waals surface area contributed by atoms with E-state index >= 15 is 0 Å². The number of carbonyl (C=O) groups excluding carboxylic acids is 2. The summed E-state index contributed by atoms with van der Waals surface area (Å²) in [5, 5.41) is 4.74. The minimum atomic E-state index is -0.784. The maximum Gasteiger partial charge on any atom is 0.266 e. The van der Waals surface area contributed by atoms with E-state index in [1.165, 1.54) is 0 Å². The molecule has 2 aromatic rings. The molecule has 0 bridgehead atoms. The lowest BCUT2D eigenvalue weighted by molar-refractivity contribution is -0.136. The van der Waals surface area contributed by atoms with E-state index in [0.29, 0.717) is 18.0 Å². The Hall–Kier alpha value is -2.34. The van der Waals surface area contributed by atoms with E-state index in [9.17, 15) is 9.59 Å². The molecule has 2 heterocycles. The Kier molecular flexibility index (Phi) is 4.11. The average Bonchev–Trinajstić information content (AvgIpc) is 3.00. The Balaban J connectivity index is 1.63. The number of hydrogen-bond acceptors (Lipinski definition) is 4. The van der Waals surface area contributed by atoms with Crippen LogP contribution in [0.15, 0.2) is 41.8 Å². The maximum atomic E-state index is 12.3. The van der Waals surface area contributed by atoms with Crippen molar-refractivity contribution in [2.24, 2.45) is 0 Å². The van der Waals surface area contributed by atoms with Gasteiger partial charge in [0.25, 0.3) is 5.91 Å². The molecule has 0 fully saturated rings. The lowest BCUT2D eigenvalue weighted by atomic mass is 10.1. The van der Waals surface area contributed by atoms with Crippen molar-refractivity contribution in [1.29, 1.82) is 0 Å². The van der Waals surface area contributed by atoms with Crippen molar-refractivity contribution in [3.05, 3.63) is 46.7 Å². The lowest BCUT2D eigenvalue weighted by Gasteiger charge is -2.26. The van der Waals surface area contributed by atoms with Crippen molar-refractivity contribution in [2.45, 2.75) is 19.1 Å². The highest BCUT2D eigenvalue weighted by molar-refractivity contribution is 7.09. The first kappa shape index (κ1) is 14.6. The standard InChI is InChI=1S/C16H16N2O3S/c1-18(10-11-5-4-8-22-11)15(19)9-14-16(20)17-12-6-2-3-7-13(12)21-14/h2-8,14H,9-10H2,1H3,(H,17,20). The Morgan fingerprint density at radius 2 is 2.14 bits per heavy atom. The zero-order valence-electron chi connectivity index (χ0n) is 12.1. The van der Waals surface area contributed by atoms with Crippen LogP contribution in [0.5, 0.6) is 5.75 Å². The van der Waals surface area contributed by atoms with E-state index in [1.807, 2.05) is 29.6 Å². The summed E-state index contributed by atoms with van der Waals surface area (Å²) in [6, 6.07) is 11.1. The molecule has 1 atom stereocenters. The maximum absolute atomic E-state index is 12.3. The minimum absolute atomic E-state index is 0.0298. The fraction of sp³-hybridized carbons (Fsp3) is 0.250. The monoisotopic (exact) mass is 316 g/mol. The second-order valence-electron chi connectivity index (χ2n) is 5.13. The van der Waals surface area contributed by atoms with Gasteiger partial charge in [0.1, 0.15) is 5.75 Å². The smallest absolute Gasteiger partial charge is 0.266 e. The summed E-state index contributed by atoms with van der Waals surface area (Å²) >= 11 is 1.60. The molecule has 0 aliphatic carbocycles. The number of rotatable bonds is 4. The van der Waals surface area contributed by atoms with Crippen LogP contribution in [0.4, 0.5) is 5.69 Å². The van der Waals surface area contributed by atoms with E-state index in [0.717, 1.165) is 4.88 Å². The summed E-state index contributed by atoms with van der Waals surface area (Å²) < 4.78 is 5.64. The molecule has 0 saturated heterocycles. The van der Waals surface area contributed by atoms with Crippen molar-refractivity contribution >= 4 is 28.8 Å². The molecule has 1 aromatic carbocycles. The molecule has 6 heteroatoms. The highest BCUT2D eigenvalue weighted by Crippen LogP contribution is 2.29. The number of amides is 2. The van der Waals surface area contributed by atoms with E-state index in [2.05, 4.69) is 5.32 Å². The van der Waals surface area contributed by atoms with E-state index in [1.54, 1.807) is 35.4 Å². The van der Waals surface area contributed by atoms with Crippen LogP contribution in [0.2, 0.25) is 0 Å². The Labute approximate surface area is 132 Å².